The van der Waals surface area contributed by atoms with Crippen LogP contribution in [0.25, 0.3) is 6.08 Å². The molecular formula is C9H12N2S. The van der Waals surface area contributed by atoms with Gasteiger partial charge < -0.3 is 10.3 Å². The molecule has 0 aliphatic rings. The van der Waals surface area contributed by atoms with Crippen LogP contribution in [-0.2, 0) is 0 Å². The van der Waals surface area contributed by atoms with Crippen LogP contribution in [0.15, 0.2) is 12.6 Å². The van der Waals surface area contributed by atoms with E-state index in [0.717, 1.165) is 21.6 Å². The number of rotatable bonds is 2. The molecule has 0 atom stereocenters. The number of hydrogen-bond acceptors (Lipinski definition) is 2. The van der Waals surface area contributed by atoms with Gasteiger partial charge in [0.2, 0.25) is 0 Å². The molecule has 0 amide bonds. The molecule has 0 aliphatic carbocycles. The smallest absolute Gasteiger partial charge is 0.111 e. The van der Waals surface area contributed by atoms with Crippen LogP contribution in [0.3, 0.4) is 0 Å². The quantitative estimate of drug-likeness (QED) is 0.685. The van der Waals surface area contributed by atoms with Gasteiger partial charge in [-0.2, -0.15) is 0 Å². The summed E-state index contributed by atoms with van der Waals surface area (Å²) >= 11 is 5.08. The Bertz CT molecular complexity index is 352. The summed E-state index contributed by atoms with van der Waals surface area (Å²) in [6.07, 6.45) is 1.80. The van der Waals surface area contributed by atoms with Crippen molar-refractivity contribution in [1.82, 2.24) is 4.98 Å². The van der Waals surface area contributed by atoms with Crippen molar-refractivity contribution in [2.24, 2.45) is 0 Å². The summed E-state index contributed by atoms with van der Waals surface area (Å²) in [5, 5.41) is 3.02. The third-order valence-corrected chi connectivity index (χ3v) is 2.15. The van der Waals surface area contributed by atoms with Crippen molar-refractivity contribution >= 4 is 24.1 Å². The summed E-state index contributed by atoms with van der Waals surface area (Å²) in [5.74, 6) is 0.917. The number of nitrogens with one attached hydrogen (secondary N) is 2. The molecule has 0 spiro atoms. The van der Waals surface area contributed by atoms with Gasteiger partial charge in [0.25, 0.3) is 0 Å². The van der Waals surface area contributed by atoms with E-state index in [-0.39, 0.29) is 0 Å². The van der Waals surface area contributed by atoms with Crippen LogP contribution >= 0.6 is 12.2 Å². The van der Waals surface area contributed by atoms with E-state index < -0.39 is 0 Å². The molecule has 0 fully saturated rings. The first-order chi connectivity index (χ1) is 5.69. The molecular weight excluding hydrogens is 168 g/mol. The van der Waals surface area contributed by atoms with E-state index in [1.807, 2.05) is 20.0 Å². The van der Waals surface area contributed by atoms with E-state index in [0.29, 0.717) is 0 Å². The zero-order chi connectivity index (χ0) is 9.14. The lowest BCUT2D eigenvalue weighted by Gasteiger charge is -2.06. The summed E-state index contributed by atoms with van der Waals surface area (Å²) in [4.78, 5) is 3.08. The van der Waals surface area contributed by atoms with E-state index in [9.17, 15) is 0 Å². The lowest BCUT2D eigenvalue weighted by molar-refractivity contribution is 1.21. The lowest BCUT2D eigenvalue weighted by Crippen LogP contribution is -1.96. The van der Waals surface area contributed by atoms with Crippen LogP contribution in [0.5, 0.6) is 0 Å². The highest BCUT2D eigenvalue weighted by molar-refractivity contribution is 7.71. The number of aromatic nitrogens is 1. The first-order valence-electron chi connectivity index (χ1n) is 3.73. The normalized spacial score (nSPS) is 9.50. The number of aromatic amines is 1. The first-order valence-corrected chi connectivity index (χ1v) is 4.14. The Labute approximate surface area is 77.3 Å². The van der Waals surface area contributed by atoms with Crippen molar-refractivity contribution in [3.8, 4) is 0 Å². The van der Waals surface area contributed by atoms with Crippen molar-refractivity contribution in [3.05, 3.63) is 28.4 Å². The molecule has 0 aliphatic heterocycles. The molecule has 1 aromatic rings. The Morgan fingerprint density at radius 2 is 2.33 bits per heavy atom. The third kappa shape index (κ3) is 1.56. The van der Waals surface area contributed by atoms with Crippen LogP contribution in [0.2, 0.25) is 0 Å². The molecule has 0 bridgehead atoms. The maximum absolute atomic E-state index is 5.08. The SMILES string of the molecule is C=Cc1cc(C)c(=S)[nH]c1NC. The monoisotopic (exact) mass is 180 g/mol. The number of anilines is 1. The van der Waals surface area contributed by atoms with Gasteiger partial charge in [-0.05, 0) is 18.6 Å². The summed E-state index contributed by atoms with van der Waals surface area (Å²) in [6, 6.07) is 2.01. The van der Waals surface area contributed by atoms with Crippen LogP contribution < -0.4 is 5.32 Å². The molecule has 12 heavy (non-hydrogen) atoms. The second-order valence-corrected chi connectivity index (χ2v) is 2.97. The highest BCUT2D eigenvalue weighted by Gasteiger charge is 1.98. The molecule has 1 heterocycles. The highest BCUT2D eigenvalue weighted by Crippen LogP contribution is 2.15. The van der Waals surface area contributed by atoms with E-state index in [4.69, 9.17) is 12.2 Å². The highest BCUT2D eigenvalue weighted by atomic mass is 32.1. The Balaban J connectivity index is 3.38. The molecule has 0 aromatic carbocycles. The van der Waals surface area contributed by atoms with Gasteiger partial charge in [0.15, 0.2) is 0 Å². The van der Waals surface area contributed by atoms with E-state index in [1.54, 1.807) is 6.08 Å². The van der Waals surface area contributed by atoms with Gasteiger partial charge in [-0.25, -0.2) is 0 Å². The van der Waals surface area contributed by atoms with Gasteiger partial charge in [0, 0.05) is 12.6 Å². The van der Waals surface area contributed by atoms with Gasteiger partial charge in [-0.3, -0.25) is 0 Å². The Morgan fingerprint density at radius 1 is 1.67 bits per heavy atom. The number of pyridine rings is 1. The maximum atomic E-state index is 5.08. The average molecular weight is 180 g/mol. The van der Waals surface area contributed by atoms with Gasteiger partial charge in [0.1, 0.15) is 10.5 Å². The summed E-state index contributed by atoms with van der Waals surface area (Å²) < 4.78 is 0.768. The van der Waals surface area contributed by atoms with Crippen molar-refractivity contribution < 1.29 is 0 Å². The van der Waals surface area contributed by atoms with E-state index in [2.05, 4.69) is 16.9 Å². The van der Waals surface area contributed by atoms with Crippen molar-refractivity contribution in [2.45, 2.75) is 6.92 Å². The number of H-pyrrole nitrogens is 1. The number of aryl methyl sites for hydroxylation is 1. The Kier molecular flexibility index (Phi) is 2.65. The van der Waals surface area contributed by atoms with Gasteiger partial charge >= 0.3 is 0 Å². The second kappa shape index (κ2) is 3.54. The molecule has 64 valence electrons. The molecule has 1 aromatic heterocycles. The minimum absolute atomic E-state index is 0.768. The molecule has 1 rings (SSSR count). The fourth-order valence-corrected chi connectivity index (χ4v) is 1.18. The van der Waals surface area contributed by atoms with Gasteiger partial charge in [0.05, 0.1) is 0 Å². The predicted octanol–water partition coefficient (Wildman–Crippen LogP) is 2.74. The zero-order valence-corrected chi connectivity index (χ0v) is 8.09. The van der Waals surface area contributed by atoms with Crippen LogP contribution in [0.1, 0.15) is 11.1 Å². The van der Waals surface area contributed by atoms with Crippen molar-refractivity contribution in [3.63, 3.8) is 0 Å². The van der Waals surface area contributed by atoms with Crippen LogP contribution in [0.4, 0.5) is 5.82 Å². The lowest BCUT2D eigenvalue weighted by atomic mass is 10.2. The third-order valence-electron chi connectivity index (χ3n) is 1.73. The molecule has 2 nitrogen and oxygen atoms in total. The predicted molar refractivity (Wildman–Crippen MR) is 56.0 cm³/mol. The summed E-state index contributed by atoms with van der Waals surface area (Å²) in [6.45, 7) is 5.69. The molecule has 0 radical (unpaired) electrons. The summed E-state index contributed by atoms with van der Waals surface area (Å²) in [7, 11) is 1.85. The van der Waals surface area contributed by atoms with Crippen molar-refractivity contribution in [2.75, 3.05) is 12.4 Å². The molecule has 0 unspecified atom stereocenters. The fourth-order valence-electron chi connectivity index (χ4n) is 1.02. The molecule has 2 N–H and O–H groups in total. The maximum Gasteiger partial charge on any atom is 0.111 e. The molecule has 0 saturated heterocycles. The largest absolute Gasteiger partial charge is 0.374 e. The van der Waals surface area contributed by atoms with Crippen LogP contribution in [0, 0.1) is 11.6 Å². The van der Waals surface area contributed by atoms with E-state index in [1.165, 1.54) is 0 Å². The number of hydrogen-bond donors (Lipinski definition) is 2. The molecule has 3 heteroatoms. The summed E-state index contributed by atoms with van der Waals surface area (Å²) in [5.41, 5.74) is 2.11. The average Bonchev–Trinajstić information content (AvgIpc) is 2.09. The van der Waals surface area contributed by atoms with Gasteiger partial charge in [-0.1, -0.05) is 24.9 Å². The van der Waals surface area contributed by atoms with Gasteiger partial charge in [-0.15, -0.1) is 0 Å². The van der Waals surface area contributed by atoms with Crippen LogP contribution in [-0.4, -0.2) is 12.0 Å². The van der Waals surface area contributed by atoms with E-state index >= 15 is 0 Å². The van der Waals surface area contributed by atoms with Crippen molar-refractivity contribution in [1.29, 1.82) is 0 Å². The Morgan fingerprint density at radius 3 is 2.83 bits per heavy atom. The zero-order valence-electron chi connectivity index (χ0n) is 7.27. The Hall–Kier alpha value is -1.09. The standard InChI is InChI=1S/C9H12N2S/c1-4-7-5-6(2)9(12)11-8(7)10-3/h4-5H,1H2,2-3H3,(H2,10,11,12). The first kappa shape index (κ1) is 9.00. The fraction of sp³-hybridized carbons (Fsp3) is 0.222. The molecule has 0 saturated carbocycles. The second-order valence-electron chi connectivity index (χ2n) is 2.57. The minimum Gasteiger partial charge on any atom is -0.374 e. The topological polar surface area (TPSA) is 27.8 Å². The minimum atomic E-state index is 0.768.